The number of halogens is 1. The summed E-state index contributed by atoms with van der Waals surface area (Å²) in [5, 5.41) is 10.4. The largest absolute Gasteiger partial charge is 0.494 e. The molecule has 0 aliphatic rings. The van der Waals surface area contributed by atoms with Crippen LogP contribution >= 0.6 is 0 Å². The summed E-state index contributed by atoms with van der Waals surface area (Å²) in [5.74, 6) is -0.231. The fourth-order valence-corrected chi connectivity index (χ4v) is 1.65. The lowest BCUT2D eigenvalue weighted by Gasteiger charge is -2.39. The molecule has 0 amide bonds. The summed E-state index contributed by atoms with van der Waals surface area (Å²) in [6, 6.07) is 4.67. The molecule has 1 N–H and O–H groups in total. The summed E-state index contributed by atoms with van der Waals surface area (Å²) >= 11 is 0. The van der Waals surface area contributed by atoms with E-state index in [9.17, 15) is 9.50 Å². The Labute approximate surface area is 108 Å². The molecular weight excluding hydrogens is 235 g/mol. The Morgan fingerprint density at radius 1 is 1.22 bits per heavy atom. The fourth-order valence-electron chi connectivity index (χ4n) is 1.65. The van der Waals surface area contributed by atoms with Crippen LogP contribution in [-0.4, -0.2) is 30.5 Å². The molecule has 1 atom stereocenters. The van der Waals surface area contributed by atoms with Crippen molar-refractivity contribution in [2.45, 2.75) is 38.4 Å². The minimum Gasteiger partial charge on any atom is -0.494 e. The van der Waals surface area contributed by atoms with Crippen LogP contribution in [0.25, 0.3) is 0 Å². The van der Waals surface area contributed by atoms with E-state index in [2.05, 4.69) is 0 Å². The van der Waals surface area contributed by atoms with Gasteiger partial charge in [0.25, 0.3) is 0 Å². The Balaban J connectivity index is 2.94. The van der Waals surface area contributed by atoms with Crippen LogP contribution in [0.2, 0.25) is 0 Å². The van der Waals surface area contributed by atoms with Crippen molar-refractivity contribution in [3.05, 3.63) is 29.6 Å². The smallest absolute Gasteiger partial charge is 0.165 e. The molecule has 1 rings (SSSR count). The highest BCUT2D eigenvalue weighted by Gasteiger charge is 2.39. The van der Waals surface area contributed by atoms with Crippen molar-refractivity contribution in [1.82, 2.24) is 0 Å². The van der Waals surface area contributed by atoms with Gasteiger partial charge in [-0.2, -0.15) is 0 Å². The topological polar surface area (TPSA) is 38.7 Å². The average molecular weight is 256 g/mol. The van der Waals surface area contributed by atoms with E-state index in [1.807, 2.05) is 0 Å². The number of methoxy groups -OCH3 is 2. The van der Waals surface area contributed by atoms with Crippen molar-refractivity contribution < 1.29 is 19.0 Å². The lowest BCUT2D eigenvalue weighted by Crippen LogP contribution is -2.50. The molecular formula is C14H21FO3. The summed E-state index contributed by atoms with van der Waals surface area (Å²) < 4.78 is 23.7. The third-order valence-electron chi connectivity index (χ3n) is 3.57. The van der Waals surface area contributed by atoms with E-state index in [4.69, 9.17) is 9.47 Å². The van der Waals surface area contributed by atoms with Gasteiger partial charge in [0.15, 0.2) is 11.6 Å². The molecule has 0 saturated carbocycles. The first-order valence-corrected chi connectivity index (χ1v) is 5.83. The van der Waals surface area contributed by atoms with Crippen LogP contribution in [0.15, 0.2) is 18.2 Å². The van der Waals surface area contributed by atoms with Crippen LogP contribution in [0.1, 0.15) is 26.3 Å². The average Bonchev–Trinajstić information content (AvgIpc) is 2.28. The van der Waals surface area contributed by atoms with Gasteiger partial charge >= 0.3 is 0 Å². The maximum atomic E-state index is 13.6. The van der Waals surface area contributed by atoms with Gasteiger partial charge in [0, 0.05) is 13.5 Å². The third-order valence-corrected chi connectivity index (χ3v) is 3.57. The van der Waals surface area contributed by atoms with Crippen molar-refractivity contribution in [1.29, 1.82) is 0 Å². The lowest BCUT2D eigenvalue weighted by atomic mass is 9.82. The van der Waals surface area contributed by atoms with Crippen molar-refractivity contribution in [2.24, 2.45) is 0 Å². The second-order valence-electron chi connectivity index (χ2n) is 5.13. The zero-order chi connectivity index (χ0) is 14.0. The van der Waals surface area contributed by atoms with Gasteiger partial charge in [-0.3, -0.25) is 0 Å². The molecule has 102 valence electrons. The lowest BCUT2D eigenvalue weighted by molar-refractivity contribution is -0.139. The summed E-state index contributed by atoms with van der Waals surface area (Å²) in [4.78, 5) is 0. The SMILES string of the molecule is COc1ccc(CC(C)(O)C(C)(C)OC)cc1F. The predicted molar refractivity (Wildman–Crippen MR) is 68.4 cm³/mol. The van der Waals surface area contributed by atoms with Crippen LogP contribution in [0.3, 0.4) is 0 Å². The zero-order valence-electron chi connectivity index (χ0n) is 11.6. The van der Waals surface area contributed by atoms with E-state index >= 15 is 0 Å². The Morgan fingerprint density at radius 3 is 2.28 bits per heavy atom. The van der Waals surface area contributed by atoms with Gasteiger partial charge in [0.05, 0.1) is 18.3 Å². The minimum atomic E-state index is -1.09. The Morgan fingerprint density at radius 2 is 1.83 bits per heavy atom. The molecule has 0 aromatic heterocycles. The number of benzene rings is 1. The molecule has 0 saturated heterocycles. The van der Waals surface area contributed by atoms with Crippen molar-refractivity contribution in [3.63, 3.8) is 0 Å². The molecule has 0 heterocycles. The van der Waals surface area contributed by atoms with E-state index in [-0.39, 0.29) is 5.75 Å². The number of aliphatic hydroxyl groups is 1. The van der Waals surface area contributed by atoms with Crippen LogP contribution in [0.5, 0.6) is 5.75 Å². The number of hydrogen-bond donors (Lipinski definition) is 1. The molecule has 1 aromatic rings. The molecule has 0 bridgehead atoms. The van der Waals surface area contributed by atoms with Crippen molar-refractivity contribution in [3.8, 4) is 5.75 Å². The molecule has 0 radical (unpaired) electrons. The fraction of sp³-hybridized carbons (Fsp3) is 0.571. The Kier molecular flexibility index (Phi) is 4.35. The summed E-state index contributed by atoms with van der Waals surface area (Å²) in [5.41, 5.74) is -1.12. The second kappa shape index (κ2) is 5.24. The van der Waals surface area contributed by atoms with Crippen LogP contribution < -0.4 is 4.74 Å². The van der Waals surface area contributed by atoms with Crippen LogP contribution in [0.4, 0.5) is 4.39 Å². The van der Waals surface area contributed by atoms with Crippen LogP contribution in [0, 0.1) is 5.82 Å². The number of hydrogen-bond acceptors (Lipinski definition) is 3. The van der Waals surface area contributed by atoms with E-state index in [1.54, 1.807) is 40.0 Å². The predicted octanol–water partition coefficient (Wildman–Crippen LogP) is 2.55. The molecule has 0 aliphatic carbocycles. The van der Waals surface area contributed by atoms with Gasteiger partial charge in [0.2, 0.25) is 0 Å². The Bertz CT molecular complexity index is 414. The molecule has 0 spiro atoms. The molecule has 0 aliphatic heterocycles. The van der Waals surface area contributed by atoms with Crippen LogP contribution in [-0.2, 0) is 11.2 Å². The van der Waals surface area contributed by atoms with Gasteiger partial charge in [-0.1, -0.05) is 6.07 Å². The van der Waals surface area contributed by atoms with Gasteiger partial charge in [0.1, 0.15) is 0 Å². The molecule has 3 nitrogen and oxygen atoms in total. The van der Waals surface area contributed by atoms with Gasteiger partial charge < -0.3 is 14.6 Å². The molecule has 1 unspecified atom stereocenters. The first-order chi connectivity index (χ1) is 8.23. The number of rotatable bonds is 5. The third kappa shape index (κ3) is 3.00. The first-order valence-electron chi connectivity index (χ1n) is 5.83. The minimum absolute atomic E-state index is 0.199. The first kappa shape index (κ1) is 14.9. The highest BCUT2D eigenvalue weighted by Crippen LogP contribution is 2.29. The van der Waals surface area contributed by atoms with E-state index in [0.717, 1.165) is 0 Å². The van der Waals surface area contributed by atoms with Gasteiger partial charge in [-0.25, -0.2) is 4.39 Å². The van der Waals surface area contributed by atoms with E-state index < -0.39 is 17.0 Å². The highest BCUT2D eigenvalue weighted by molar-refractivity contribution is 5.30. The zero-order valence-corrected chi connectivity index (χ0v) is 11.6. The summed E-state index contributed by atoms with van der Waals surface area (Å²) in [7, 11) is 2.96. The van der Waals surface area contributed by atoms with Gasteiger partial charge in [-0.05, 0) is 38.5 Å². The molecule has 0 fully saturated rings. The van der Waals surface area contributed by atoms with E-state index in [0.29, 0.717) is 12.0 Å². The Hall–Kier alpha value is -1.13. The summed E-state index contributed by atoms with van der Waals surface area (Å²) in [6.07, 6.45) is 0.300. The monoisotopic (exact) mass is 256 g/mol. The van der Waals surface area contributed by atoms with E-state index in [1.165, 1.54) is 13.2 Å². The number of ether oxygens (including phenoxy) is 2. The molecule has 4 heteroatoms. The normalized spacial score (nSPS) is 15.3. The maximum absolute atomic E-state index is 13.6. The summed E-state index contributed by atoms with van der Waals surface area (Å²) in [6.45, 7) is 5.28. The van der Waals surface area contributed by atoms with Crippen molar-refractivity contribution >= 4 is 0 Å². The molecule has 1 aromatic carbocycles. The molecule has 18 heavy (non-hydrogen) atoms. The quantitative estimate of drug-likeness (QED) is 0.880. The standard InChI is InChI=1S/C14H21FO3/c1-13(2,18-5)14(3,16)9-10-6-7-12(17-4)11(15)8-10/h6-8,16H,9H2,1-5H3. The highest BCUT2D eigenvalue weighted by atomic mass is 19.1. The van der Waals surface area contributed by atoms with Gasteiger partial charge in [-0.15, -0.1) is 0 Å². The van der Waals surface area contributed by atoms with Crippen molar-refractivity contribution in [2.75, 3.05) is 14.2 Å². The second-order valence-corrected chi connectivity index (χ2v) is 5.13. The maximum Gasteiger partial charge on any atom is 0.165 e.